The lowest BCUT2D eigenvalue weighted by Crippen LogP contribution is -2.24. The highest BCUT2D eigenvalue weighted by Crippen LogP contribution is 2.20. The smallest absolute Gasteiger partial charge is 0.312 e. The molecule has 2 amide bonds. The lowest BCUT2D eigenvalue weighted by molar-refractivity contribution is 0.262. The molecule has 1 aliphatic rings. The first-order valence-electron chi connectivity index (χ1n) is 8.12. The second-order valence-electron chi connectivity index (χ2n) is 6.27. The summed E-state index contributed by atoms with van der Waals surface area (Å²) >= 11 is 0. The van der Waals surface area contributed by atoms with Crippen molar-refractivity contribution in [3.63, 3.8) is 0 Å². The van der Waals surface area contributed by atoms with Gasteiger partial charge in [-0.05, 0) is 59.8 Å². The SMILES string of the molecule is CC(C)c1ccc(NC(=O)Nc2ccc3c(c2)CCNC3)cc1. The third-order valence-electron chi connectivity index (χ3n) is 4.19. The molecular formula is C19H23N3O. The van der Waals surface area contributed by atoms with E-state index in [-0.39, 0.29) is 6.03 Å². The largest absolute Gasteiger partial charge is 0.323 e. The van der Waals surface area contributed by atoms with Gasteiger partial charge in [-0.2, -0.15) is 0 Å². The molecule has 3 N–H and O–H groups in total. The highest BCUT2D eigenvalue weighted by molar-refractivity contribution is 5.99. The molecule has 4 heteroatoms. The summed E-state index contributed by atoms with van der Waals surface area (Å²) in [5, 5.41) is 9.13. The average Bonchev–Trinajstić information content (AvgIpc) is 2.55. The summed E-state index contributed by atoms with van der Waals surface area (Å²) in [6.07, 6.45) is 1.00. The van der Waals surface area contributed by atoms with Crippen molar-refractivity contribution in [3.05, 3.63) is 59.2 Å². The Morgan fingerprint density at radius 3 is 2.43 bits per heavy atom. The van der Waals surface area contributed by atoms with Gasteiger partial charge >= 0.3 is 6.03 Å². The van der Waals surface area contributed by atoms with Crippen molar-refractivity contribution in [1.82, 2.24) is 5.32 Å². The molecule has 1 aliphatic heterocycles. The maximum Gasteiger partial charge on any atom is 0.323 e. The zero-order valence-electron chi connectivity index (χ0n) is 13.6. The van der Waals surface area contributed by atoms with Gasteiger partial charge in [0.1, 0.15) is 0 Å². The summed E-state index contributed by atoms with van der Waals surface area (Å²) in [6.45, 7) is 6.20. The fraction of sp³-hybridized carbons (Fsp3) is 0.316. The molecule has 0 bridgehead atoms. The molecule has 0 unspecified atom stereocenters. The second-order valence-corrected chi connectivity index (χ2v) is 6.27. The lowest BCUT2D eigenvalue weighted by atomic mass is 10.0. The number of rotatable bonds is 3. The first-order valence-corrected chi connectivity index (χ1v) is 8.12. The minimum Gasteiger partial charge on any atom is -0.312 e. The predicted octanol–water partition coefficient (Wildman–Crippen LogP) is 4.10. The van der Waals surface area contributed by atoms with E-state index in [0.717, 1.165) is 30.9 Å². The summed E-state index contributed by atoms with van der Waals surface area (Å²) in [6, 6.07) is 13.9. The van der Waals surface area contributed by atoms with Gasteiger partial charge in [0, 0.05) is 17.9 Å². The normalized spacial score (nSPS) is 13.5. The van der Waals surface area contributed by atoms with Gasteiger partial charge in [-0.1, -0.05) is 32.0 Å². The van der Waals surface area contributed by atoms with Crippen LogP contribution in [0.1, 0.15) is 36.5 Å². The van der Waals surface area contributed by atoms with Crippen molar-refractivity contribution in [2.75, 3.05) is 17.2 Å². The van der Waals surface area contributed by atoms with E-state index in [1.54, 1.807) is 0 Å². The zero-order valence-corrected chi connectivity index (χ0v) is 13.6. The number of hydrogen-bond donors (Lipinski definition) is 3. The van der Waals surface area contributed by atoms with Crippen LogP contribution in [0.5, 0.6) is 0 Å². The molecule has 2 aromatic carbocycles. The lowest BCUT2D eigenvalue weighted by Gasteiger charge is -2.18. The van der Waals surface area contributed by atoms with Gasteiger partial charge in [-0.25, -0.2) is 4.79 Å². The van der Waals surface area contributed by atoms with Crippen molar-refractivity contribution >= 4 is 17.4 Å². The quantitative estimate of drug-likeness (QED) is 0.799. The molecule has 120 valence electrons. The zero-order chi connectivity index (χ0) is 16.2. The Morgan fingerprint density at radius 2 is 1.70 bits per heavy atom. The number of fused-ring (bicyclic) bond motifs is 1. The van der Waals surface area contributed by atoms with Crippen LogP contribution >= 0.6 is 0 Å². The van der Waals surface area contributed by atoms with E-state index in [1.165, 1.54) is 16.7 Å². The Kier molecular flexibility index (Phi) is 4.63. The van der Waals surface area contributed by atoms with E-state index >= 15 is 0 Å². The van der Waals surface area contributed by atoms with Crippen LogP contribution in [-0.4, -0.2) is 12.6 Å². The van der Waals surface area contributed by atoms with Gasteiger partial charge in [-0.15, -0.1) is 0 Å². The van der Waals surface area contributed by atoms with Gasteiger partial charge in [0.2, 0.25) is 0 Å². The van der Waals surface area contributed by atoms with Gasteiger partial charge in [0.05, 0.1) is 0 Å². The minimum absolute atomic E-state index is 0.212. The summed E-state index contributed by atoms with van der Waals surface area (Å²) < 4.78 is 0. The first-order chi connectivity index (χ1) is 11.1. The van der Waals surface area contributed by atoms with Crippen molar-refractivity contribution in [2.45, 2.75) is 32.7 Å². The highest BCUT2D eigenvalue weighted by Gasteiger charge is 2.10. The maximum atomic E-state index is 12.1. The van der Waals surface area contributed by atoms with E-state index in [1.807, 2.05) is 30.3 Å². The molecule has 4 nitrogen and oxygen atoms in total. The van der Waals surface area contributed by atoms with E-state index < -0.39 is 0 Å². The Labute approximate surface area is 137 Å². The molecule has 0 fully saturated rings. The molecular weight excluding hydrogens is 286 g/mol. The van der Waals surface area contributed by atoms with Crippen LogP contribution < -0.4 is 16.0 Å². The fourth-order valence-corrected chi connectivity index (χ4v) is 2.80. The van der Waals surface area contributed by atoms with Gasteiger partial charge < -0.3 is 16.0 Å². The molecule has 1 heterocycles. The van der Waals surface area contributed by atoms with Gasteiger partial charge in [-0.3, -0.25) is 0 Å². The number of carbonyl (C=O) groups excluding carboxylic acids is 1. The molecule has 23 heavy (non-hydrogen) atoms. The van der Waals surface area contributed by atoms with E-state index in [9.17, 15) is 4.79 Å². The molecule has 0 aromatic heterocycles. The number of nitrogens with one attached hydrogen (secondary N) is 3. The summed E-state index contributed by atoms with van der Waals surface area (Å²) in [4.78, 5) is 12.1. The predicted molar refractivity (Wildman–Crippen MR) is 95.0 cm³/mol. The Bertz CT molecular complexity index is 692. The summed E-state index contributed by atoms with van der Waals surface area (Å²) in [7, 11) is 0. The monoisotopic (exact) mass is 309 g/mol. The fourth-order valence-electron chi connectivity index (χ4n) is 2.80. The number of urea groups is 1. The summed E-state index contributed by atoms with van der Waals surface area (Å²) in [5.74, 6) is 0.489. The van der Waals surface area contributed by atoms with Crippen molar-refractivity contribution in [2.24, 2.45) is 0 Å². The second kappa shape index (κ2) is 6.84. The standard InChI is InChI=1S/C19H23N3O/c1-13(2)14-3-6-17(7-4-14)21-19(23)22-18-8-5-16-12-20-10-9-15(16)11-18/h3-8,11,13,20H,9-10,12H2,1-2H3,(H2,21,22,23). The third kappa shape index (κ3) is 3.90. The highest BCUT2D eigenvalue weighted by atomic mass is 16.2. The number of carbonyl (C=O) groups is 1. The number of benzene rings is 2. The summed E-state index contributed by atoms with van der Waals surface area (Å²) in [5.41, 5.74) is 5.52. The van der Waals surface area contributed by atoms with Crippen LogP contribution in [0.3, 0.4) is 0 Å². The van der Waals surface area contributed by atoms with Crippen LogP contribution in [0.4, 0.5) is 16.2 Å². The molecule has 0 radical (unpaired) electrons. The molecule has 3 rings (SSSR count). The topological polar surface area (TPSA) is 53.2 Å². The maximum absolute atomic E-state index is 12.1. The molecule has 2 aromatic rings. The molecule has 0 spiro atoms. The van der Waals surface area contributed by atoms with Gasteiger partial charge in [0.25, 0.3) is 0 Å². The van der Waals surface area contributed by atoms with Crippen LogP contribution in [0.25, 0.3) is 0 Å². The van der Waals surface area contributed by atoms with Crippen molar-refractivity contribution in [1.29, 1.82) is 0 Å². The number of anilines is 2. The van der Waals surface area contributed by atoms with Crippen LogP contribution in [-0.2, 0) is 13.0 Å². The van der Waals surface area contributed by atoms with Crippen LogP contribution in [0.15, 0.2) is 42.5 Å². The van der Waals surface area contributed by atoms with E-state index in [2.05, 4.69) is 41.9 Å². The molecule has 0 aliphatic carbocycles. The Balaban J connectivity index is 1.63. The minimum atomic E-state index is -0.212. The van der Waals surface area contributed by atoms with E-state index in [0.29, 0.717) is 5.92 Å². The first kappa shape index (κ1) is 15.6. The van der Waals surface area contributed by atoms with Gasteiger partial charge in [0.15, 0.2) is 0 Å². The molecule has 0 saturated carbocycles. The molecule has 0 atom stereocenters. The van der Waals surface area contributed by atoms with E-state index in [4.69, 9.17) is 0 Å². The van der Waals surface area contributed by atoms with Crippen molar-refractivity contribution in [3.8, 4) is 0 Å². The number of amides is 2. The molecule has 0 saturated heterocycles. The Morgan fingerprint density at radius 1 is 1.00 bits per heavy atom. The van der Waals surface area contributed by atoms with Crippen LogP contribution in [0.2, 0.25) is 0 Å². The Hall–Kier alpha value is -2.33. The van der Waals surface area contributed by atoms with Crippen molar-refractivity contribution < 1.29 is 4.79 Å². The average molecular weight is 309 g/mol. The van der Waals surface area contributed by atoms with Crippen LogP contribution in [0, 0.1) is 0 Å². The third-order valence-corrected chi connectivity index (χ3v) is 4.19. The number of hydrogen-bond acceptors (Lipinski definition) is 2.